The highest BCUT2D eigenvalue weighted by Gasteiger charge is 2.71. The number of hydrogen-bond donors (Lipinski definition) is 1. The van der Waals surface area contributed by atoms with Crippen molar-refractivity contribution in [2.24, 2.45) is 10.8 Å². The molecule has 2 atom stereocenters. The third kappa shape index (κ3) is 9.58. The lowest BCUT2D eigenvalue weighted by Gasteiger charge is -2.39. The zero-order chi connectivity index (χ0) is 37.3. The van der Waals surface area contributed by atoms with Crippen LogP contribution in [0, 0.1) is 17.8 Å². The van der Waals surface area contributed by atoms with Gasteiger partial charge in [-0.15, -0.1) is 0 Å². The minimum atomic E-state index is -5.96. The van der Waals surface area contributed by atoms with E-state index in [4.69, 9.17) is 13.6 Å². The Kier molecular flexibility index (Phi) is 12.4. The summed E-state index contributed by atoms with van der Waals surface area (Å²) in [5, 5.41) is 9.85. The molecule has 0 amide bonds. The molecule has 4 nitrogen and oxygen atoms in total. The molecule has 3 aromatic carbocycles. The van der Waals surface area contributed by atoms with Gasteiger partial charge in [-0.3, -0.25) is 0 Å². The van der Waals surface area contributed by atoms with Crippen LogP contribution >= 0.6 is 0 Å². The van der Waals surface area contributed by atoms with E-state index >= 15 is 0 Å². The normalized spacial score (nSPS) is 14.8. The van der Waals surface area contributed by atoms with E-state index in [0.29, 0.717) is 22.9 Å². The molecule has 0 aromatic heterocycles. The van der Waals surface area contributed by atoms with Crippen molar-refractivity contribution in [1.82, 2.24) is 0 Å². The number of benzene rings is 3. The van der Waals surface area contributed by atoms with Gasteiger partial charge in [-0.2, -0.15) is 26.3 Å². The minimum Gasteiger partial charge on any atom is -0.489 e. The van der Waals surface area contributed by atoms with E-state index in [9.17, 15) is 31.4 Å². The van der Waals surface area contributed by atoms with Crippen LogP contribution in [-0.2, 0) is 21.1 Å². The summed E-state index contributed by atoms with van der Waals surface area (Å²) in [6, 6.07) is 15.5. The molecule has 0 aliphatic carbocycles. The van der Waals surface area contributed by atoms with Gasteiger partial charge in [-0.25, -0.2) is 0 Å². The summed E-state index contributed by atoms with van der Waals surface area (Å²) in [6.45, 7) is 23.0. The molecule has 0 spiro atoms. The largest absolute Gasteiger partial charge is 0.489 e. The van der Waals surface area contributed by atoms with Crippen molar-refractivity contribution in [3.05, 3.63) is 88.5 Å². The Balaban J connectivity index is 2.01. The second kappa shape index (κ2) is 14.9. The number of hydrogen-bond acceptors (Lipinski definition) is 4. The van der Waals surface area contributed by atoms with E-state index in [2.05, 4.69) is 79.9 Å². The van der Waals surface area contributed by atoms with Crippen molar-refractivity contribution >= 4 is 18.1 Å². The molecule has 270 valence electrons. The van der Waals surface area contributed by atoms with E-state index in [0.717, 1.165) is 28.8 Å². The van der Waals surface area contributed by atoms with Gasteiger partial charge < -0.3 is 18.7 Å². The Morgan fingerprint density at radius 3 is 1.67 bits per heavy atom. The quantitative estimate of drug-likeness (QED) is 0.158. The Hall–Kier alpha value is -2.65. The second-order valence-electron chi connectivity index (χ2n) is 15.1. The summed E-state index contributed by atoms with van der Waals surface area (Å²) in [5.74, 6) is 0.463. The van der Waals surface area contributed by atoms with Crippen molar-refractivity contribution in [1.29, 1.82) is 0 Å². The lowest BCUT2D eigenvalue weighted by atomic mass is 9.77. The number of halogens is 6. The molecule has 2 unspecified atom stereocenters. The molecule has 3 rings (SSSR count). The Morgan fingerprint density at radius 2 is 1.20 bits per heavy atom. The summed E-state index contributed by atoms with van der Waals surface area (Å²) in [4.78, 5) is 0. The van der Waals surface area contributed by atoms with Gasteiger partial charge in [0.25, 0.3) is 5.60 Å². The zero-order valence-electron chi connectivity index (χ0n) is 30.1. The van der Waals surface area contributed by atoms with Crippen molar-refractivity contribution in [2.75, 3.05) is 0 Å². The van der Waals surface area contributed by atoms with Gasteiger partial charge in [0.1, 0.15) is 12.4 Å². The predicted molar refractivity (Wildman–Crippen MR) is 185 cm³/mol. The van der Waals surface area contributed by atoms with Gasteiger partial charge in [0.05, 0.1) is 12.2 Å². The average Bonchev–Trinajstić information content (AvgIpc) is 2.95. The summed E-state index contributed by atoms with van der Waals surface area (Å²) in [5.41, 5.74) is -2.62. The first-order valence-corrected chi connectivity index (χ1v) is 20.9. The average molecular weight is 727 g/mol. The molecule has 12 heteroatoms. The standard InChI is InChI=1S/C37H48F6O4Si2/c1-23-19-26(35(44,36(38,39)40)37(41,42)43)16-18-28(23)25-13-12-14-27(21-25)45-22-24-15-17-29(31(33(2,3)4)46-48(8)9)30(20-24)32(34(5,6)7)47-49(10)11/h12-21,31-32,44H,22H2,1-11H3. The van der Waals surface area contributed by atoms with Crippen LogP contribution in [0.5, 0.6) is 5.75 Å². The summed E-state index contributed by atoms with van der Waals surface area (Å²) in [6.07, 6.45) is -12.3. The lowest BCUT2D eigenvalue weighted by Crippen LogP contribution is -2.53. The Bertz CT molecular complexity index is 1560. The van der Waals surface area contributed by atoms with Gasteiger partial charge in [-0.1, -0.05) is 84.0 Å². The number of aryl methyl sites for hydroxylation is 1. The third-order valence-corrected chi connectivity index (χ3v) is 9.43. The predicted octanol–water partition coefficient (Wildman–Crippen LogP) is 11.3. The first kappa shape index (κ1) is 40.8. The van der Waals surface area contributed by atoms with Crippen LogP contribution in [0.25, 0.3) is 11.1 Å². The van der Waals surface area contributed by atoms with E-state index in [1.54, 1.807) is 24.3 Å². The van der Waals surface area contributed by atoms with Crippen LogP contribution in [-0.4, -0.2) is 35.5 Å². The smallest absolute Gasteiger partial charge is 0.430 e. The minimum absolute atomic E-state index is 0.127. The Morgan fingerprint density at radius 1 is 0.673 bits per heavy atom. The molecule has 3 aromatic rings. The molecule has 0 saturated heterocycles. The van der Waals surface area contributed by atoms with Gasteiger partial charge in [0, 0.05) is 5.56 Å². The molecule has 0 saturated carbocycles. The van der Waals surface area contributed by atoms with E-state index in [1.165, 1.54) is 6.92 Å². The molecule has 0 fully saturated rings. The highest BCUT2D eigenvalue weighted by molar-refractivity contribution is 6.48. The van der Waals surface area contributed by atoms with Crippen LogP contribution in [0.2, 0.25) is 26.2 Å². The van der Waals surface area contributed by atoms with E-state index in [1.807, 2.05) is 6.07 Å². The van der Waals surface area contributed by atoms with Crippen LogP contribution in [0.4, 0.5) is 26.3 Å². The number of aliphatic hydroxyl groups is 1. The maximum absolute atomic E-state index is 13.5. The van der Waals surface area contributed by atoms with Crippen LogP contribution < -0.4 is 4.74 Å². The number of ether oxygens (including phenoxy) is 1. The molecule has 0 aliphatic rings. The number of alkyl halides is 6. The van der Waals surface area contributed by atoms with Gasteiger partial charge in [-0.05, 0) is 95.5 Å². The van der Waals surface area contributed by atoms with Crippen molar-refractivity contribution < 1.29 is 45.0 Å². The molecule has 2 radical (unpaired) electrons. The summed E-state index contributed by atoms with van der Waals surface area (Å²) >= 11 is 0. The van der Waals surface area contributed by atoms with Gasteiger partial charge in [0.15, 0.2) is 0 Å². The third-order valence-electron chi connectivity index (χ3n) is 8.01. The van der Waals surface area contributed by atoms with Crippen LogP contribution in [0.3, 0.4) is 0 Å². The fraction of sp³-hybridized carbons (Fsp3) is 0.514. The zero-order valence-corrected chi connectivity index (χ0v) is 32.1. The second-order valence-corrected chi connectivity index (χ2v) is 19.2. The molecular formula is C37H48F6O4Si2. The molecule has 1 N–H and O–H groups in total. The topological polar surface area (TPSA) is 47.9 Å². The lowest BCUT2D eigenvalue weighted by molar-refractivity contribution is -0.376. The van der Waals surface area contributed by atoms with Crippen molar-refractivity contribution in [3.63, 3.8) is 0 Å². The molecule has 49 heavy (non-hydrogen) atoms. The van der Waals surface area contributed by atoms with E-state index in [-0.39, 0.29) is 35.2 Å². The maximum Gasteiger partial charge on any atom is 0.430 e. The molecular weight excluding hydrogens is 679 g/mol. The maximum atomic E-state index is 13.5. The fourth-order valence-electron chi connectivity index (χ4n) is 5.69. The summed E-state index contributed by atoms with van der Waals surface area (Å²) in [7, 11) is -2.12. The summed E-state index contributed by atoms with van der Waals surface area (Å²) < 4.78 is 100. The SMILES string of the molecule is Cc1cc(C(O)(C(F)(F)F)C(F)(F)F)ccc1-c1cccc(OCc2ccc(C(O[Si](C)C)C(C)(C)C)c(C(O[Si](C)C)C(C)(C)C)c2)c1. The monoisotopic (exact) mass is 726 g/mol. The van der Waals surface area contributed by atoms with Crippen LogP contribution in [0.15, 0.2) is 60.7 Å². The number of rotatable bonds is 11. The highest BCUT2D eigenvalue weighted by atomic mass is 28.3. The van der Waals surface area contributed by atoms with Crippen molar-refractivity contribution in [2.45, 2.75) is 111 Å². The van der Waals surface area contributed by atoms with Crippen LogP contribution in [0.1, 0.15) is 81.6 Å². The highest BCUT2D eigenvalue weighted by Crippen LogP contribution is 2.51. The van der Waals surface area contributed by atoms with Crippen molar-refractivity contribution in [3.8, 4) is 16.9 Å². The fourth-order valence-corrected chi connectivity index (χ4v) is 7.59. The first-order chi connectivity index (χ1) is 22.3. The molecule has 0 bridgehead atoms. The molecule has 0 heterocycles. The van der Waals surface area contributed by atoms with Gasteiger partial charge in [0.2, 0.25) is 18.1 Å². The Labute approximate surface area is 290 Å². The van der Waals surface area contributed by atoms with E-state index < -0.39 is 41.6 Å². The van der Waals surface area contributed by atoms with Gasteiger partial charge >= 0.3 is 12.4 Å². The molecule has 0 aliphatic heterocycles. The first-order valence-electron chi connectivity index (χ1n) is 16.0.